The Hall–Kier alpha value is -1.06. The van der Waals surface area contributed by atoms with Crippen LogP contribution in [0.3, 0.4) is 0 Å². The molecule has 0 rings (SSSR count). The molecule has 0 heterocycles. The van der Waals surface area contributed by atoms with Crippen molar-refractivity contribution < 1.29 is 14.3 Å². The summed E-state index contributed by atoms with van der Waals surface area (Å²) in [5, 5.41) is 2.15. The van der Waals surface area contributed by atoms with Crippen molar-refractivity contribution in [3.05, 3.63) is 0 Å². The van der Waals surface area contributed by atoms with E-state index in [9.17, 15) is 9.59 Å². The predicted molar refractivity (Wildman–Crippen MR) is 30.7 cm³/mol. The molecule has 1 amide bonds. The summed E-state index contributed by atoms with van der Waals surface area (Å²) in [6.07, 6.45) is 0.913. The van der Waals surface area contributed by atoms with Crippen LogP contribution in [-0.4, -0.2) is 25.5 Å². The molecule has 4 heteroatoms. The normalized spacial score (nSPS) is 8.11. The number of carbonyl (C=O) groups excluding carboxylic acids is 2. The van der Waals surface area contributed by atoms with E-state index >= 15 is 0 Å². The number of amides is 1. The Morgan fingerprint density at radius 3 is 2.89 bits per heavy atom. The summed E-state index contributed by atoms with van der Waals surface area (Å²) in [7, 11) is 0. The van der Waals surface area contributed by atoms with Gasteiger partial charge >= 0.3 is 6.09 Å². The van der Waals surface area contributed by atoms with Gasteiger partial charge in [-0.25, -0.2) is 4.79 Å². The van der Waals surface area contributed by atoms with Crippen molar-refractivity contribution in [2.24, 2.45) is 0 Å². The lowest BCUT2D eigenvalue weighted by Gasteiger charge is -1.98. The zero-order valence-corrected chi connectivity index (χ0v) is 5.14. The van der Waals surface area contributed by atoms with Crippen molar-refractivity contribution >= 4 is 12.4 Å². The Kier molecular flexibility index (Phi) is 4.49. The molecule has 4 nitrogen and oxygen atoms in total. The van der Waals surface area contributed by atoms with Crippen LogP contribution < -0.4 is 5.32 Å². The first kappa shape index (κ1) is 7.94. The van der Waals surface area contributed by atoms with Crippen molar-refractivity contribution in [1.82, 2.24) is 5.32 Å². The molecule has 0 fully saturated rings. The standard InChI is InChI=1S/C5H8NO3/c1-2-9-5(8)6-3-4-7/h2-3H2,1H3,(H,6,8). The summed E-state index contributed by atoms with van der Waals surface area (Å²) in [6.45, 7) is 1.88. The third-order valence-electron chi connectivity index (χ3n) is 0.580. The lowest BCUT2D eigenvalue weighted by atomic mass is 10.7. The third kappa shape index (κ3) is 4.80. The molecule has 51 valence electrons. The summed E-state index contributed by atoms with van der Waals surface area (Å²) >= 11 is 0. The Morgan fingerprint density at radius 1 is 1.78 bits per heavy atom. The summed E-state index contributed by atoms with van der Waals surface area (Å²) in [5.41, 5.74) is 0. The maximum Gasteiger partial charge on any atom is 0.407 e. The lowest BCUT2D eigenvalue weighted by Crippen LogP contribution is -2.25. The molecule has 0 saturated heterocycles. The second kappa shape index (κ2) is 5.08. The van der Waals surface area contributed by atoms with E-state index in [-0.39, 0.29) is 6.54 Å². The van der Waals surface area contributed by atoms with Gasteiger partial charge in [-0.3, -0.25) is 4.79 Å². The van der Waals surface area contributed by atoms with Gasteiger partial charge in [0.15, 0.2) is 0 Å². The molecule has 1 N–H and O–H groups in total. The van der Waals surface area contributed by atoms with Gasteiger partial charge in [0.1, 0.15) is 0 Å². The lowest BCUT2D eigenvalue weighted by molar-refractivity contribution is 0.153. The number of hydrogen-bond acceptors (Lipinski definition) is 3. The number of carbonyl (C=O) groups is 1. The molecule has 0 aromatic carbocycles. The van der Waals surface area contributed by atoms with Crippen LogP contribution in [-0.2, 0) is 9.53 Å². The van der Waals surface area contributed by atoms with E-state index in [2.05, 4.69) is 10.1 Å². The van der Waals surface area contributed by atoms with E-state index in [1.807, 2.05) is 0 Å². The molecule has 1 radical (unpaired) electrons. The van der Waals surface area contributed by atoms with Crippen LogP contribution in [0.5, 0.6) is 0 Å². The highest BCUT2D eigenvalue weighted by Crippen LogP contribution is 1.72. The fraction of sp³-hybridized carbons (Fsp3) is 0.600. The average molecular weight is 130 g/mol. The highest BCUT2D eigenvalue weighted by atomic mass is 16.5. The van der Waals surface area contributed by atoms with E-state index in [1.165, 1.54) is 6.29 Å². The summed E-state index contributed by atoms with van der Waals surface area (Å²) < 4.78 is 4.42. The van der Waals surface area contributed by atoms with Crippen LogP contribution in [0.1, 0.15) is 6.92 Å². The minimum absolute atomic E-state index is 0.112. The van der Waals surface area contributed by atoms with Crippen LogP contribution in [0.15, 0.2) is 0 Å². The molecule has 0 saturated carbocycles. The van der Waals surface area contributed by atoms with Gasteiger partial charge in [0, 0.05) is 0 Å². The predicted octanol–water partition coefficient (Wildman–Crippen LogP) is -0.158. The number of rotatable bonds is 3. The van der Waals surface area contributed by atoms with Gasteiger partial charge in [-0.15, -0.1) is 0 Å². The van der Waals surface area contributed by atoms with Crippen LogP contribution in [0, 0.1) is 0 Å². The second-order valence-electron chi connectivity index (χ2n) is 1.22. The van der Waals surface area contributed by atoms with Gasteiger partial charge in [0.25, 0.3) is 0 Å². The van der Waals surface area contributed by atoms with E-state index in [4.69, 9.17) is 0 Å². The average Bonchev–Trinajstić information content (AvgIpc) is 1.85. The number of nitrogens with one attached hydrogen (secondary N) is 1. The first-order valence-electron chi connectivity index (χ1n) is 2.57. The van der Waals surface area contributed by atoms with Crippen molar-refractivity contribution in [1.29, 1.82) is 0 Å². The van der Waals surface area contributed by atoms with Gasteiger partial charge in [0.2, 0.25) is 6.29 Å². The Bertz CT molecular complexity index is 102. The van der Waals surface area contributed by atoms with Crippen molar-refractivity contribution in [2.75, 3.05) is 13.2 Å². The van der Waals surface area contributed by atoms with Gasteiger partial charge in [-0.05, 0) is 6.92 Å². The first-order chi connectivity index (χ1) is 4.31. The zero-order valence-electron chi connectivity index (χ0n) is 5.14. The molecule has 0 bridgehead atoms. The fourth-order valence-electron chi connectivity index (χ4n) is 0.290. The maximum atomic E-state index is 10.3. The van der Waals surface area contributed by atoms with Gasteiger partial charge in [-0.1, -0.05) is 0 Å². The molecule has 0 aromatic heterocycles. The van der Waals surface area contributed by atoms with Gasteiger partial charge < -0.3 is 10.1 Å². The summed E-state index contributed by atoms with van der Waals surface area (Å²) in [6, 6.07) is 0. The minimum Gasteiger partial charge on any atom is -0.450 e. The Labute approximate surface area is 53.2 Å². The number of ether oxygens (including phenoxy) is 1. The van der Waals surface area contributed by atoms with Crippen LogP contribution in [0.4, 0.5) is 4.79 Å². The fourth-order valence-corrected chi connectivity index (χ4v) is 0.290. The third-order valence-corrected chi connectivity index (χ3v) is 0.580. The summed E-state index contributed by atoms with van der Waals surface area (Å²) in [5.74, 6) is 0. The quantitative estimate of drug-likeness (QED) is 0.577. The largest absolute Gasteiger partial charge is 0.450 e. The van der Waals surface area contributed by atoms with Gasteiger partial charge in [0.05, 0.1) is 13.2 Å². The van der Waals surface area contributed by atoms with Crippen LogP contribution in [0.2, 0.25) is 0 Å². The molecular formula is C5H8NO3. The first-order valence-corrected chi connectivity index (χ1v) is 2.57. The SMILES string of the molecule is CCOC(=O)NC[C]=O. The van der Waals surface area contributed by atoms with E-state index in [0.29, 0.717) is 6.61 Å². The molecule has 0 aliphatic carbocycles. The number of alkyl carbamates (subject to hydrolysis) is 1. The van der Waals surface area contributed by atoms with Gasteiger partial charge in [-0.2, -0.15) is 0 Å². The monoisotopic (exact) mass is 130 g/mol. The Balaban J connectivity index is 3.16. The Morgan fingerprint density at radius 2 is 2.44 bits per heavy atom. The van der Waals surface area contributed by atoms with Crippen LogP contribution in [0.25, 0.3) is 0 Å². The highest BCUT2D eigenvalue weighted by Gasteiger charge is 1.95. The van der Waals surface area contributed by atoms with E-state index in [0.717, 1.165) is 0 Å². The molecule has 9 heavy (non-hydrogen) atoms. The molecule has 0 aromatic rings. The highest BCUT2D eigenvalue weighted by molar-refractivity contribution is 5.70. The zero-order chi connectivity index (χ0) is 7.11. The molecule has 0 aliphatic rings. The minimum atomic E-state index is -0.583. The van der Waals surface area contributed by atoms with E-state index in [1.54, 1.807) is 6.92 Å². The van der Waals surface area contributed by atoms with Crippen molar-refractivity contribution in [3.63, 3.8) is 0 Å². The smallest absolute Gasteiger partial charge is 0.407 e. The molecule has 0 unspecified atom stereocenters. The van der Waals surface area contributed by atoms with Crippen molar-refractivity contribution in [2.45, 2.75) is 6.92 Å². The molecule has 0 atom stereocenters. The number of hydrogen-bond donors (Lipinski definition) is 1. The van der Waals surface area contributed by atoms with Crippen molar-refractivity contribution in [3.8, 4) is 0 Å². The van der Waals surface area contributed by atoms with Crippen LogP contribution >= 0.6 is 0 Å². The topological polar surface area (TPSA) is 55.4 Å². The maximum absolute atomic E-state index is 10.3. The molecule has 0 spiro atoms. The van der Waals surface area contributed by atoms with E-state index < -0.39 is 6.09 Å². The molecular weight excluding hydrogens is 122 g/mol. The second-order valence-corrected chi connectivity index (χ2v) is 1.22. The molecule has 0 aliphatic heterocycles. The summed E-state index contributed by atoms with van der Waals surface area (Å²) in [4.78, 5) is 19.8.